The number of alkyl halides is 2. The van der Waals surface area contributed by atoms with Gasteiger partial charge in [0, 0.05) is 28.3 Å². The Morgan fingerprint density at radius 2 is 1.91 bits per heavy atom. The number of anilines is 2. The molecule has 4 aromatic rings. The number of H-pyrrole nitrogens is 1. The third-order valence-corrected chi connectivity index (χ3v) is 5.05. The van der Waals surface area contributed by atoms with Crippen LogP contribution in [0.15, 0.2) is 30.5 Å². The predicted molar refractivity (Wildman–Crippen MR) is 115 cm³/mol. The molecular weight excluding hydrogens is 466 g/mol. The molecule has 0 fully saturated rings. The first-order valence-corrected chi connectivity index (χ1v) is 9.65. The number of fused-ring (bicyclic) bond motifs is 1. The lowest BCUT2D eigenvalue weighted by molar-refractivity contribution is 0.0996. The Morgan fingerprint density at radius 3 is 2.61 bits per heavy atom. The summed E-state index contributed by atoms with van der Waals surface area (Å²) in [7, 11) is 0. The molecule has 0 aliphatic heterocycles. The molecule has 170 valence electrons. The Balaban J connectivity index is 2.02. The van der Waals surface area contributed by atoms with E-state index in [4.69, 9.17) is 23.1 Å². The molecule has 0 unspecified atom stereocenters. The molecule has 0 aliphatic carbocycles. The van der Waals surface area contributed by atoms with Crippen molar-refractivity contribution in [3.8, 4) is 22.6 Å². The van der Waals surface area contributed by atoms with E-state index >= 15 is 0 Å². The third kappa shape index (κ3) is 4.12. The lowest BCUT2D eigenvalue weighted by Crippen LogP contribution is -2.18. The van der Waals surface area contributed by atoms with Crippen molar-refractivity contribution >= 4 is 39.8 Å². The SMILES string of the molecule is NC(=O)c1nc(-c2cc(F)c(F)cc2NCC(F)F)nc(-c2c(Cl)ccc3[nH]ncc23)c1N. The highest BCUT2D eigenvalue weighted by Crippen LogP contribution is 2.39. The Kier molecular flexibility index (Phi) is 5.77. The normalized spacial score (nSPS) is 11.3. The molecular formula is C20H14ClF4N7O. The minimum atomic E-state index is -2.78. The molecule has 2 aromatic heterocycles. The van der Waals surface area contributed by atoms with Crippen molar-refractivity contribution < 1.29 is 22.4 Å². The molecule has 6 N–H and O–H groups in total. The zero-order chi connectivity index (χ0) is 23.9. The average molecular weight is 480 g/mol. The van der Waals surface area contributed by atoms with Gasteiger partial charge in [-0.15, -0.1) is 0 Å². The van der Waals surface area contributed by atoms with E-state index in [2.05, 4.69) is 25.5 Å². The molecule has 33 heavy (non-hydrogen) atoms. The number of carbonyl (C=O) groups excluding carboxylic acids is 1. The second-order valence-electron chi connectivity index (χ2n) is 6.86. The van der Waals surface area contributed by atoms with Crippen LogP contribution in [-0.2, 0) is 0 Å². The minimum Gasteiger partial charge on any atom is -0.395 e. The quantitative estimate of drug-likeness (QED) is 0.309. The van der Waals surface area contributed by atoms with Crippen molar-refractivity contribution in [2.75, 3.05) is 17.6 Å². The number of hydrogen-bond donors (Lipinski definition) is 4. The number of amides is 1. The summed E-state index contributed by atoms with van der Waals surface area (Å²) >= 11 is 6.38. The number of nitrogens with two attached hydrogens (primary N) is 2. The van der Waals surface area contributed by atoms with Crippen LogP contribution in [0.1, 0.15) is 10.5 Å². The number of aromatic nitrogens is 4. The minimum absolute atomic E-state index is 0.0321. The zero-order valence-electron chi connectivity index (χ0n) is 16.5. The van der Waals surface area contributed by atoms with Crippen molar-refractivity contribution in [1.82, 2.24) is 20.2 Å². The maximum Gasteiger partial charge on any atom is 0.269 e. The van der Waals surface area contributed by atoms with Crippen LogP contribution in [0, 0.1) is 11.6 Å². The fraction of sp³-hybridized carbons (Fsp3) is 0.100. The van der Waals surface area contributed by atoms with E-state index in [9.17, 15) is 22.4 Å². The number of nitrogen functional groups attached to an aromatic ring is 1. The van der Waals surface area contributed by atoms with Gasteiger partial charge in [0.1, 0.15) is 5.69 Å². The molecule has 0 atom stereocenters. The fourth-order valence-electron chi connectivity index (χ4n) is 3.27. The van der Waals surface area contributed by atoms with E-state index in [0.717, 1.165) is 0 Å². The van der Waals surface area contributed by atoms with Gasteiger partial charge in [0.15, 0.2) is 23.2 Å². The number of nitrogens with zero attached hydrogens (tertiary/aromatic N) is 3. The lowest BCUT2D eigenvalue weighted by atomic mass is 10.0. The van der Waals surface area contributed by atoms with Gasteiger partial charge < -0.3 is 16.8 Å². The van der Waals surface area contributed by atoms with Gasteiger partial charge >= 0.3 is 0 Å². The topological polar surface area (TPSA) is 136 Å². The van der Waals surface area contributed by atoms with Crippen molar-refractivity contribution in [1.29, 1.82) is 0 Å². The molecule has 4 rings (SSSR count). The second kappa shape index (κ2) is 8.54. The number of primary amides is 1. The summed E-state index contributed by atoms with van der Waals surface area (Å²) in [6.07, 6.45) is -1.33. The predicted octanol–water partition coefficient (Wildman–Crippen LogP) is 3.98. The molecule has 0 bridgehead atoms. The molecule has 0 aliphatic rings. The maximum atomic E-state index is 14.1. The zero-order valence-corrected chi connectivity index (χ0v) is 17.2. The number of benzene rings is 2. The monoisotopic (exact) mass is 479 g/mol. The molecule has 0 spiro atoms. The van der Waals surface area contributed by atoms with Crippen LogP contribution >= 0.6 is 11.6 Å². The van der Waals surface area contributed by atoms with Crippen LogP contribution < -0.4 is 16.8 Å². The Morgan fingerprint density at radius 1 is 1.18 bits per heavy atom. The van der Waals surface area contributed by atoms with Gasteiger partial charge in [-0.1, -0.05) is 11.6 Å². The van der Waals surface area contributed by atoms with Gasteiger partial charge in [0.05, 0.1) is 29.0 Å². The highest BCUT2D eigenvalue weighted by atomic mass is 35.5. The first-order valence-electron chi connectivity index (χ1n) is 9.28. The standard InChI is InChI=1S/C20H14ClF4N7O/c21-9-1-2-12-8(5-29-32-12)15(9)17-16(26)18(19(27)33)31-20(30-17)7-3-10(22)11(23)4-13(7)28-6-14(24)25/h1-5,14,28H,6,26H2,(H2,27,33)(H,29,32). The van der Waals surface area contributed by atoms with Crippen LogP contribution in [0.3, 0.4) is 0 Å². The van der Waals surface area contributed by atoms with Gasteiger partial charge in [-0.25, -0.2) is 27.5 Å². The van der Waals surface area contributed by atoms with Crippen molar-refractivity contribution in [2.24, 2.45) is 5.73 Å². The Labute approximate surface area is 188 Å². The van der Waals surface area contributed by atoms with E-state index in [-0.39, 0.29) is 39.0 Å². The molecule has 2 aromatic carbocycles. The van der Waals surface area contributed by atoms with E-state index in [1.807, 2.05) is 0 Å². The summed E-state index contributed by atoms with van der Waals surface area (Å²) in [4.78, 5) is 20.4. The molecule has 1 amide bonds. The summed E-state index contributed by atoms with van der Waals surface area (Å²) < 4.78 is 53.4. The molecule has 13 heteroatoms. The third-order valence-electron chi connectivity index (χ3n) is 4.74. The number of rotatable bonds is 6. The van der Waals surface area contributed by atoms with E-state index in [1.54, 1.807) is 6.07 Å². The second-order valence-corrected chi connectivity index (χ2v) is 7.27. The molecule has 2 heterocycles. The van der Waals surface area contributed by atoms with Crippen LogP contribution in [0.25, 0.3) is 33.5 Å². The molecule has 0 saturated heterocycles. The van der Waals surface area contributed by atoms with Crippen molar-refractivity contribution in [3.63, 3.8) is 0 Å². The first kappa shape index (κ1) is 22.3. The van der Waals surface area contributed by atoms with E-state index < -0.39 is 36.2 Å². The summed E-state index contributed by atoms with van der Waals surface area (Å²) in [5.74, 6) is -3.92. The van der Waals surface area contributed by atoms with Gasteiger partial charge in [-0.2, -0.15) is 5.10 Å². The van der Waals surface area contributed by atoms with Crippen LogP contribution in [0.4, 0.5) is 28.9 Å². The Bertz CT molecular complexity index is 1390. The van der Waals surface area contributed by atoms with Gasteiger partial charge in [0.2, 0.25) is 0 Å². The van der Waals surface area contributed by atoms with E-state index in [1.165, 1.54) is 12.3 Å². The molecule has 0 saturated carbocycles. The number of aromatic amines is 1. The highest BCUT2D eigenvalue weighted by Gasteiger charge is 2.24. The van der Waals surface area contributed by atoms with Gasteiger partial charge in [-0.3, -0.25) is 9.89 Å². The van der Waals surface area contributed by atoms with Crippen molar-refractivity contribution in [2.45, 2.75) is 6.43 Å². The molecule has 0 radical (unpaired) electrons. The summed E-state index contributed by atoms with van der Waals surface area (Å²) in [6, 6.07) is 4.59. The number of nitrogens with one attached hydrogen (secondary N) is 2. The van der Waals surface area contributed by atoms with Crippen LogP contribution in [-0.4, -0.2) is 39.0 Å². The lowest BCUT2D eigenvalue weighted by Gasteiger charge is -2.16. The number of hydrogen-bond acceptors (Lipinski definition) is 6. The number of carbonyl (C=O) groups is 1. The van der Waals surface area contributed by atoms with Gasteiger partial charge in [0.25, 0.3) is 12.3 Å². The van der Waals surface area contributed by atoms with Gasteiger partial charge in [-0.05, 0) is 18.2 Å². The Hall–Kier alpha value is -3.93. The molecule has 8 nitrogen and oxygen atoms in total. The highest BCUT2D eigenvalue weighted by molar-refractivity contribution is 6.35. The number of halogens is 5. The summed E-state index contributed by atoms with van der Waals surface area (Å²) in [6.45, 7) is -0.858. The smallest absolute Gasteiger partial charge is 0.269 e. The fourth-order valence-corrected chi connectivity index (χ4v) is 3.52. The summed E-state index contributed by atoms with van der Waals surface area (Å²) in [5, 5.41) is 9.70. The summed E-state index contributed by atoms with van der Waals surface area (Å²) in [5.41, 5.74) is 11.3. The van der Waals surface area contributed by atoms with Crippen LogP contribution in [0.2, 0.25) is 5.02 Å². The largest absolute Gasteiger partial charge is 0.395 e. The maximum absolute atomic E-state index is 14.1. The van der Waals surface area contributed by atoms with Crippen molar-refractivity contribution in [3.05, 3.63) is 52.8 Å². The first-order chi connectivity index (χ1) is 15.7. The average Bonchev–Trinajstić information content (AvgIpc) is 3.23. The van der Waals surface area contributed by atoms with Crippen LogP contribution in [0.5, 0.6) is 0 Å². The van der Waals surface area contributed by atoms with E-state index in [0.29, 0.717) is 23.0 Å².